The highest BCUT2D eigenvalue weighted by Gasteiger charge is 2.22. The summed E-state index contributed by atoms with van der Waals surface area (Å²) in [6.07, 6.45) is 0. The predicted octanol–water partition coefficient (Wildman–Crippen LogP) is 4.53. The highest BCUT2D eigenvalue weighted by Crippen LogP contribution is 2.33. The Hall–Kier alpha value is -3.00. The second-order valence-electron chi connectivity index (χ2n) is 8.15. The first-order valence-electron chi connectivity index (χ1n) is 10.5. The van der Waals surface area contributed by atoms with E-state index in [1.165, 1.54) is 15.9 Å². The molecule has 0 unspecified atom stereocenters. The normalized spacial score (nSPS) is 15.2. The molecule has 0 bridgehead atoms. The van der Waals surface area contributed by atoms with Gasteiger partial charge in [-0.1, -0.05) is 48.0 Å². The molecule has 0 radical (unpaired) electrons. The average molecular weight is 462 g/mol. The molecule has 1 fully saturated rings. The van der Waals surface area contributed by atoms with Crippen LogP contribution in [0, 0.1) is 0 Å². The summed E-state index contributed by atoms with van der Waals surface area (Å²) < 4.78 is 1.49. The number of halogens is 1. The number of likely N-dealkylation sites (N-methyl/N-ethyl adjacent to an activating group) is 1. The van der Waals surface area contributed by atoms with Crippen LogP contribution in [-0.2, 0) is 0 Å². The largest absolute Gasteiger partial charge is 0.352 e. The van der Waals surface area contributed by atoms with Crippen LogP contribution in [0.4, 0.5) is 5.82 Å². The van der Waals surface area contributed by atoms with E-state index in [0.29, 0.717) is 16.1 Å². The lowest BCUT2D eigenvalue weighted by molar-refractivity contribution is 0.312. The maximum absolute atomic E-state index is 13.8. The number of aromatic nitrogens is 3. The van der Waals surface area contributed by atoms with Crippen molar-refractivity contribution >= 4 is 55.4 Å². The van der Waals surface area contributed by atoms with Gasteiger partial charge in [-0.05, 0) is 24.7 Å². The smallest absolute Gasteiger partial charge is 0.283 e. The Morgan fingerprint density at radius 2 is 1.69 bits per heavy atom. The van der Waals surface area contributed by atoms with Gasteiger partial charge in [0.05, 0.1) is 5.39 Å². The Morgan fingerprint density at radius 3 is 2.44 bits per heavy atom. The van der Waals surface area contributed by atoms with Crippen LogP contribution < -0.4 is 10.5 Å². The van der Waals surface area contributed by atoms with E-state index >= 15 is 0 Å². The van der Waals surface area contributed by atoms with E-state index in [-0.39, 0.29) is 5.56 Å². The zero-order valence-corrected chi connectivity index (χ0v) is 19.0. The number of benzene rings is 2. The number of rotatable bonds is 2. The zero-order valence-electron chi connectivity index (χ0n) is 17.5. The van der Waals surface area contributed by atoms with Gasteiger partial charge in [0.2, 0.25) is 0 Å². The van der Waals surface area contributed by atoms with Gasteiger partial charge in [-0.15, -0.1) is 16.4 Å². The first-order valence-corrected chi connectivity index (χ1v) is 11.8. The van der Waals surface area contributed by atoms with Gasteiger partial charge in [-0.25, -0.2) is 4.98 Å². The molecule has 1 aliphatic rings. The number of hydrogen-bond acceptors (Lipinski definition) is 6. The zero-order chi connectivity index (χ0) is 21.8. The third-order valence-electron chi connectivity index (χ3n) is 6.15. The Balaban J connectivity index is 1.64. The molecule has 3 aromatic heterocycles. The topological polar surface area (TPSA) is 53.7 Å². The molecule has 0 atom stereocenters. The van der Waals surface area contributed by atoms with Gasteiger partial charge >= 0.3 is 0 Å². The van der Waals surface area contributed by atoms with Crippen molar-refractivity contribution in [1.29, 1.82) is 0 Å². The van der Waals surface area contributed by atoms with E-state index < -0.39 is 0 Å². The molecule has 32 heavy (non-hydrogen) atoms. The third-order valence-corrected chi connectivity index (χ3v) is 7.27. The fourth-order valence-electron chi connectivity index (χ4n) is 4.36. The predicted molar refractivity (Wildman–Crippen MR) is 132 cm³/mol. The van der Waals surface area contributed by atoms with E-state index in [1.54, 1.807) is 0 Å². The molecule has 6 rings (SSSR count). The van der Waals surface area contributed by atoms with Gasteiger partial charge in [0.15, 0.2) is 11.5 Å². The molecule has 0 N–H and O–H groups in total. The van der Waals surface area contributed by atoms with Crippen molar-refractivity contribution in [3.05, 3.63) is 69.3 Å². The minimum absolute atomic E-state index is 0.141. The van der Waals surface area contributed by atoms with Crippen molar-refractivity contribution in [2.75, 3.05) is 38.1 Å². The minimum Gasteiger partial charge on any atom is -0.352 e. The van der Waals surface area contributed by atoms with Crippen LogP contribution in [0.5, 0.6) is 0 Å². The monoisotopic (exact) mass is 461 g/mol. The molecule has 0 aliphatic carbocycles. The Labute approximate surface area is 193 Å². The Bertz CT molecular complexity index is 1530. The summed E-state index contributed by atoms with van der Waals surface area (Å²) >= 11 is 7.55. The Kier molecular flexibility index (Phi) is 4.64. The molecule has 2 aromatic carbocycles. The second-order valence-corrected chi connectivity index (χ2v) is 9.44. The molecule has 1 saturated heterocycles. The SMILES string of the molecule is CN1CCN(c2nn3c(=O)c4c(-c5ccc(Cl)cc5)csc4nc3c3ccccc23)CC1. The van der Waals surface area contributed by atoms with E-state index in [4.69, 9.17) is 21.7 Å². The van der Waals surface area contributed by atoms with Crippen LogP contribution in [0.3, 0.4) is 0 Å². The molecule has 0 amide bonds. The van der Waals surface area contributed by atoms with Crippen LogP contribution >= 0.6 is 22.9 Å². The van der Waals surface area contributed by atoms with Gasteiger partial charge in [-0.2, -0.15) is 4.52 Å². The highest BCUT2D eigenvalue weighted by molar-refractivity contribution is 7.17. The molecule has 8 heteroatoms. The van der Waals surface area contributed by atoms with Crippen LogP contribution in [0.1, 0.15) is 0 Å². The fraction of sp³-hybridized carbons (Fsp3) is 0.208. The maximum Gasteiger partial charge on any atom is 0.283 e. The number of hydrogen-bond donors (Lipinski definition) is 0. The molecule has 0 spiro atoms. The van der Waals surface area contributed by atoms with Crippen LogP contribution in [0.15, 0.2) is 58.7 Å². The average Bonchev–Trinajstić information content (AvgIpc) is 3.24. The van der Waals surface area contributed by atoms with E-state index in [0.717, 1.165) is 58.7 Å². The molecule has 6 nitrogen and oxygen atoms in total. The number of thiophene rings is 1. The molecular formula is C24H20ClN5OS. The number of fused-ring (bicyclic) bond motifs is 4. The van der Waals surface area contributed by atoms with E-state index in [2.05, 4.69) is 22.9 Å². The number of anilines is 1. The summed E-state index contributed by atoms with van der Waals surface area (Å²) in [5, 5.41) is 10.1. The van der Waals surface area contributed by atoms with Crippen molar-refractivity contribution in [2.24, 2.45) is 0 Å². The summed E-state index contributed by atoms with van der Waals surface area (Å²) in [5.41, 5.74) is 2.27. The lowest BCUT2D eigenvalue weighted by Gasteiger charge is -2.33. The molecule has 5 aromatic rings. The summed E-state index contributed by atoms with van der Waals surface area (Å²) in [4.78, 5) is 23.9. The van der Waals surface area contributed by atoms with Crippen molar-refractivity contribution in [3.8, 4) is 11.1 Å². The van der Waals surface area contributed by atoms with Crippen molar-refractivity contribution in [3.63, 3.8) is 0 Å². The highest BCUT2D eigenvalue weighted by atomic mass is 35.5. The number of piperazine rings is 1. The Morgan fingerprint density at radius 1 is 0.969 bits per heavy atom. The molecular weight excluding hydrogens is 442 g/mol. The van der Waals surface area contributed by atoms with Crippen LogP contribution in [-0.4, -0.2) is 52.7 Å². The summed E-state index contributed by atoms with van der Waals surface area (Å²) in [7, 11) is 2.13. The van der Waals surface area contributed by atoms with Gasteiger partial charge in [0, 0.05) is 52.9 Å². The van der Waals surface area contributed by atoms with Gasteiger partial charge in [0.1, 0.15) is 4.83 Å². The molecule has 1 aliphatic heterocycles. The van der Waals surface area contributed by atoms with Gasteiger partial charge in [0.25, 0.3) is 5.56 Å². The lowest BCUT2D eigenvalue weighted by Crippen LogP contribution is -2.45. The van der Waals surface area contributed by atoms with Crippen LogP contribution in [0.2, 0.25) is 5.02 Å². The first-order chi connectivity index (χ1) is 15.6. The quantitative estimate of drug-likeness (QED) is 0.361. The fourth-order valence-corrected chi connectivity index (χ4v) is 5.43. The molecule has 160 valence electrons. The van der Waals surface area contributed by atoms with E-state index in [9.17, 15) is 4.79 Å². The maximum atomic E-state index is 13.8. The second kappa shape index (κ2) is 7.55. The minimum atomic E-state index is -0.141. The van der Waals surface area contributed by atoms with Crippen molar-refractivity contribution in [2.45, 2.75) is 0 Å². The lowest BCUT2D eigenvalue weighted by atomic mass is 10.1. The summed E-state index contributed by atoms with van der Waals surface area (Å²) in [5.74, 6) is 0.840. The van der Waals surface area contributed by atoms with Gasteiger partial charge in [-0.3, -0.25) is 4.79 Å². The number of nitrogens with zero attached hydrogens (tertiary/aromatic N) is 5. The van der Waals surface area contributed by atoms with Crippen LogP contribution in [0.25, 0.3) is 37.8 Å². The van der Waals surface area contributed by atoms with Crippen molar-refractivity contribution < 1.29 is 0 Å². The molecule has 0 saturated carbocycles. The van der Waals surface area contributed by atoms with Gasteiger partial charge < -0.3 is 9.80 Å². The summed E-state index contributed by atoms with van der Waals surface area (Å²) in [6, 6.07) is 15.6. The first kappa shape index (κ1) is 19.7. The van der Waals surface area contributed by atoms with Crippen molar-refractivity contribution in [1.82, 2.24) is 19.5 Å². The summed E-state index contributed by atoms with van der Waals surface area (Å²) in [6.45, 7) is 3.67. The molecule has 4 heterocycles. The van der Waals surface area contributed by atoms with E-state index in [1.807, 2.05) is 47.8 Å². The third kappa shape index (κ3) is 3.08. The standard InChI is InChI=1S/C24H20ClN5OS/c1-28-10-12-29(13-11-28)22-18-5-3-2-4-17(18)21-26-23-20(24(31)30(21)27-22)19(14-32-23)15-6-8-16(25)9-7-15/h2-9,14H,10-13H2,1H3.